The minimum absolute atomic E-state index is 0.000651. The molecule has 2 rings (SSSR count). The van der Waals surface area contributed by atoms with Crippen LogP contribution in [0.1, 0.15) is 5.56 Å². The summed E-state index contributed by atoms with van der Waals surface area (Å²) in [6.07, 6.45) is 2.70. The van der Waals surface area contributed by atoms with E-state index in [1.54, 1.807) is 6.07 Å². The number of aromatic amines is 1. The van der Waals surface area contributed by atoms with E-state index in [1.807, 2.05) is 20.3 Å². The van der Waals surface area contributed by atoms with E-state index in [4.69, 9.17) is 4.74 Å². The first-order valence-electron chi connectivity index (χ1n) is 6.00. The summed E-state index contributed by atoms with van der Waals surface area (Å²) in [6, 6.07) is 3.18. The number of fused-ring (bicyclic) bond motifs is 1. The van der Waals surface area contributed by atoms with Crippen LogP contribution < -0.4 is 4.74 Å². The lowest BCUT2D eigenvalue weighted by Crippen LogP contribution is -2.14. The highest BCUT2D eigenvalue weighted by atomic mass is 16.6. The van der Waals surface area contributed by atoms with Crippen LogP contribution >= 0.6 is 0 Å². The molecule has 0 bridgehead atoms. The van der Waals surface area contributed by atoms with Crippen LogP contribution in [0.3, 0.4) is 0 Å². The maximum Gasteiger partial charge on any atom is 0.311 e. The Kier molecular flexibility index (Phi) is 3.71. The first-order valence-corrected chi connectivity index (χ1v) is 6.00. The van der Waals surface area contributed by atoms with Gasteiger partial charge in [0.15, 0.2) is 0 Å². The van der Waals surface area contributed by atoms with E-state index in [-0.39, 0.29) is 5.69 Å². The predicted octanol–water partition coefficient (Wildman–Crippen LogP) is 2.19. The van der Waals surface area contributed by atoms with Crippen LogP contribution in [0.25, 0.3) is 10.9 Å². The number of rotatable bonds is 5. The minimum Gasteiger partial charge on any atom is -0.490 e. The van der Waals surface area contributed by atoms with Crippen LogP contribution in [0.2, 0.25) is 0 Å². The zero-order valence-corrected chi connectivity index (χ0v) is 11.3. The topological polar surface area (TPSA) is 71.4 Å². The first kappa shape index (κ1) is 13.4. The van der Waals surface area contributed by atoms with Gasteiger partial charge in [0.05, 0.1) is 17.4 Å². The number of H-pyrrole nitrogens is 1. The van der Waals surface area contributed by atoms with Gasteiger partial charge in [-0.2, -0.15) is 0 Å². The number of hydrogen-bond acceptors (Lipinski definition) is 4. The SMILES string of the molecule is COc1c([N+](=O)[O-])ccc2[nH]cc(CCN(C)C)c12. The standard InChI is InChI=1S/C13H17N3O3/c1-15(2)7-6-9-8-14-10-4-5-11(16(17)18)13(19-3)12(9)10/h4-5,8,14H,6-7H2,1-3H3. The number of ether oxygens (including phenoxy) is 1. The van der Waals surface area contributed by atoms with Crippen molar-refractivity contribution < 1.29 is 9.66 Å². The number of nitro groups is 1. The van der Waals surface area contributed by atoms with Crippen molar-refractivity contribution in [2.24, 2.45) is 0 Å². The van der Waals surface area contributed by atoms with Gasteiger partial charge in [-0.15, -0.1) is 0 Å². The molecule has 102 valence electrons. The molecule has 0 amide bonds. The molecule has 1 heterocycles. The lowest BCUT2D eigenvalue weighted by molar-refractivity contribution is -0.385. The number of nitro benzene ring substituents is 1. The molecule has 19 heavy (non-hydrogen) atoms. The second-order valence-corrected chi connectivity index (χ2v) is 4.66. The first-order chi connectivity index (χ1) is 9.04. The van der Waals surface area contributed by atoms with Crippen molar-refractivity contribution >= 4 is 16.6 Å². The Morgan fingerprint density at radius 1 is 1.42 bits per heavy atom. The Bertz CT molecular complexity index is 604. The Morgan fingerprint density at radius 2 is 2.16 bits per heavy atom. The third kappa shape index (κ3) is 2.53. The maximum absolute atomic E-state index is 11.0. The van der Waals surface area contributed by atoms with Gasteiger partial charge in [-0.1, -0.05) is 0 Å². The Balaban J connectivity index is 2.54. The fraction of sp³-hybridized carbons (Fsp3) is 0.385. The maximum atomic E-state index is 11.0. The van der Waals surface area contributed by atoms with Crippen molar-refractivity contribution in [1.82, 2.24) is 9.88 Å². The molecule has 6 heteroatoms. The van der Waals surface area contributed by atoms with Crippen molar-refractivity contribution in [3.63, 3.8) is 0 Å². The average Bonchev–Trinajstić information content (AvgIpc) is 2.78. The molecule has 0 spiro atoms. The fourth-order valence-electron chi connectivity index (χ4n) is 2.14. The van der Waals surface area contributed by atoms with Crippen molar-refractivity contribution in [3.8, 4) is 5.75 Å². The molecule has 1 aromatic heterocycles. The molecule has 0 radical (unpaired) electrons. The summed E-state index contributed by atoms with van der Waals surface area (Å²) in [6.45, 7) is 0.874. The number of nitrogens with one attached hydrogen (secondary N) is 1. The molecule has 0 atom stereocenters. The van der Waals surface area contributed by atoms with Crippen LogP contribution in [-0.4, -0.2) is 42.6 Å². The van der Waals surface area contributed by atoms with Crippen LogP contribution in [0.4, 0.5) is 5.69 Å². The van der Waals surface area contributed by atoms with E-state index in [0.29, 0.717) is 5.75 Å². The Labute approximate surface area is 111 Å². The molecule has 6 nitrogen and oxygen atoms in total. The largest absolute Gasteiger partial charge is 0.490 e. The quantitative estimate of drug-likeness (QED) is 0.663. The van der Waals surface area contributed by atoms with Gasteiger partial charge < -0.3 is 14.6 Å². The molecule has 1 N–H and O–H groups in total. The molecule has 0 fully saturated rings. The van der Waals surface area contributed by atoms with Gasteiger partial charge in [0.1, 0.15) is 0 Å². The van der Waals surface area contributed by atoms with E-state index in [0.717, 1.165) is 29.4 Å². The summed E-state index contributed by atoms with van der Waals surface area (Å²) in [5.41, 5.74) is 1.89. The summed E-state index contributed by atoms with van der Waals surface area (Å²) in [4.78, 5) is 15.8. The number of aromatic nitrogens is 1. The molecule has 0 saturated heterocycles. The fourth-order valence-corrected chi connectivity index (χ4v) is 2.14. The average molecular weight is 263 g/mol. The lowest BCUT2D eigenvalue weighted by atomic mass is 10.1. The second-order valence-electron chi connectivity index (χ2n) is 4.66. The zero-order valence-electron chi connectivity index (χ0n) is 11.3. The van der Waals surface area contributed by atoms with Crippen molar-refractivity contribution in [3.05, 3.63) is 34.0 Å². The van der Waals surface area contributed by atoms with Crippen LogP contribution in [-0.2, 0) is 6.42 Å². The van der Waals surface area contributed by atoms with Crippen molar-refractivity contribution in [2.75, 3.05) is 27.7 Å². The Hall–Kier alpha value is -2.08. The van der Waals surface area contributed by atoms with Gasteiger partial charge in [0.2, 0.25) is 5.75 Å². The van der Waals surface area contributed by atoms with Gasteiger partial charge >= 0.3 is 5.69 Å². The highest BCUT2D eigenvalue weighted by molar-refractivity contribution is 5.92. The third-order valence-electron chi connectivity index (χ3n) is 3.09. The highest BCUT2D eigenvalue weighted by Gasteiger charge is 2.20. The molecule has 0 unspecified atom stereocenters. The van der Waals surface area contributed by atoms with E-state index in [2.05, 4.69) is 9.88 Å². The van der Waals surface area contributed by atoms with E-state index < -0.39 is 4.92 Å². The number of nitrogens with zero attached hydrogens (tertiary/aromatic N) is 2. The van der Waals surface area contributed by atoms with Crippen molar-refractivity contribution in [2.45, 2.75) is 6.42 Å². The number of methoxy groups -OCH3 is 1. The van der Waals surface area contributed by atoms with Crippen molar-refractivity contribution in [1.29, 1.82) is 0 Å². The summed E-state index contributed by atoms with van der Waals surface area (Å²) in [7, 11) is 5.45. The molecule has 0 aliphatic rings. The van der Waals surface area contributed by atoms with E-state index >= 15 is 0 Å². The van der Waals surface area contributed by atoms with Gasteiger partial charge in [0, 0.05) is 24.3 Å². The van der Waals surface area contributed by atoms with Gasteiger partial charge in [-0.25, -0.2) is 0 Å². The molecule has 0 aliphatic carbocycles. The summed E-state index contributed by atoms with van der Waals surface area (Å²) >= 11 is 0. The molecule has 0 saturated carbocycles. The predicted molar refractivity (Wildman–Crippen MR) is 73.8 cm³/mol. The zero-order chi connectivity index (χ0) is 14.0. The van der Waals surface area contributed by atoms with E-state index in [9.17, 15) is 10.1 Å². The monoisotopic (exact) mass is 263 g/mol. The normalized spacial score (nSPS) is 11.2. The molecular formula is C13H17N3O3. The smallest absolute Gasteiger partial charge is 0.311 e. The second kappa shape index (κ2) is 5.27. The van der Waals surface area contributed by atoms with Gasteiger partial charge in [-0.3, -0.25) is 10.1 Å². The van der Waals surface area contributed by atoms with Crippen LogP contribution in [0, 0.1) is 10.1 Å². The number of likely N-dealkylation sites (N-methyl/N-ethyl adjacent to an activating group) is 1. The molecule has 1 aromatic carbocycles. The minimum atomic E-state index is -0.416. The van der Waals surface area contributed by atoms with E-state index in [1.165, 1.54) is 13.2 Å². The summed E-state index contributed by atoms with van der Waals surface area (Å²) in [5, 5.41) is 11.8. The number of hydrogen-bond donors (Lipinski definition) is 1. The summed E-state index contributed by atoms with van der Waals surface area (Å²) < 4.78 is 5.25. The molecular weight excluding hydrogens is 246 g/mol. The number of benzene rings is 1. The third-order valence-corrected chi connectivity index (χ3v) is 3.09. The Morgan fingerprint density at radius 3 is 2.74 bits per heavy atom. The van der Waals surface area contributed by atoms with Crippen LogP contribution in [0.15, 0.2) is 18.3 Å². The van der Waals surface area contributed by atoms with Crippen LogP contribution in [0.5, 0.6) is 5.75 Å². The summed E-state index contributed by atoms with van der Waals surface area (Å²) in [5.74, 6) is 0.331. The lowest BCUT2D eigenvalue weighted by Gasteiger charge is -2.09. The van der Waals surface area contributed by atoms with Gasteiger partial charge in [-0.05, 0) is 32.1 Å². The highest BCUT2D eigenvalue weighted by Crippen LogP contribution is 2.37. The van der Waals surface area contributed by atoms with Gasteiger partial charge in [0.25, 0.3) is 0 Å². The molecule has 0 aliphatic heterocycles. The molecule has 2 aromatic rings.